The van der Waals surface area contributed by atoms with Crippen molar-refractivity contribution in [3.05, 3.63) is 60.2 Å². The molecule has 2 aromatic rings. The second-order valence-corrected chi connectivity index (χ2v) is 23.0. The summed E-state index contributed by atoms with van der Waals surface area (Å²) in [6.07, 6.45) is -3.80. The molecular weight excluding hydrogens is 1070 g/mol. The van der Waals surface area contributed by atoms with E-state index in [-0.39, 0.29) is 43.7 Å². The molecule has 450 valence electrons. The summed E-state index contributed by atoms with van der Waals surface area (Å²) in [7, 11) is 0. The number of hydrogen-bond donors (Lipinski definition) is 13. The van der Waals surface area contributed by atoms with E-state index in [9.17, 15) is 79.7 Å². The zero-order valence-electron chi connectivity index (χ0n) is 47.0. The second kappa shape index (κ2) is 33.9. The van der Waals surface area contributed by atoms with Crippen molar-refractivity contribution in [2.75, 3.05) is 13.1 Å². The maximum absolute atomic E-state index is 14.7. The van der Waals surface area contributed by atoms with Crippen LogP contribution in [0.25, 0.3) is 0 Å². The molecule has 23 nitrogen and oxygen atoms in total. The van der Waals surface area contributed by atoms with E-state index in [0.717, 1.165) is 53.7 Å². The Morgan fingerprint density at radius 1 is 0.765 bits per heavy atom. The normalized spacial score (nSPS) is 21.5. The third-order valence-electron chi connectivity index (χ3n) is 15.1. The van der Waals surface area contributed by atoms with Gasteiger partial charge in [0.25, 0.3) is 0 Å². The number of nitriles is 1. The average molecular weight is 1160 g/mol. The fourth-order valence-electron chi connectivity index (χ4n) is 9.95. The van der Waals surface area contributed by atoms with E-state index in [1.54, 1.807) is 43.3 Å². The van der Waals surface area contributed by atoms with E-state index >= 15 is 0 Å². The fourth-order valence-corrected chi connectivity index (χ4v) is 11.0. The van der Waals surface area contributed by atoms with E-state index in [1.807, 2.05) is 0 Å². The van der Waals surface area contributed by atoms with Crippen molar-refractivity contribution in [3.63, 3.8) is 0 Å². The molecule has 81 heavy (non-hydrogen) atoms. The largest absolute Gasteiger partial charge is 0.508 e. The third kappa shape index (κ3) is 21.1. The second-order valence-electron chi connectivity index (χ2n) is 21.8. The van der Waals surface area contributed by atoms with E-state index in [1.165, 1.54) is 50.5 Å². The number of carbonyl (C=O) groups excluding carboxylic acids is 7. The van der Waals surface area contributed by atoms with E-state index in [0.29, 0.717) is 29.6 Å². The highest BCUT2D eigenvalue weighted by molar-refractivity contribution is 8.00. The number of phenolic OH excluding ortho intramolecular Hbond substituents is 1. The maximum atomic E-state index is 14.7. The van der Waals surface area contributed by atoms with Gasteiger partial charge < -0.3 is 77.2 Å². The van der Waals surface area contributed by atoms with Crippen molar-refractivity contribution in [3.8, 4) is 11.8 Å². The van der Waals surface area contributed by atoms with Gasteiger partial charge in [-0.1, -0.05) is 108 Å². The molecule has 0 bridgehead atoms. The number of β-amino-alcohol motifs (C(OH)–C–C–N with tert-alkyl or cyclic N) is 1. The van der Waals surface area contributed by atoms with Crippen LogP contribution in [0.1, 0.15) is 136 Å². The lowest BCUT2D eigenvalue weighted by molar-refractivity contribution is -0.147. The number of aliphatic hydroxyl groups excluding tert-OH is 7. The molecule has 2 unspecified atom stereocenters. The van der Waals surface area contributed by atoms with Gasteiger partial charge >= 0.3 is 0 Å². The molecule has 13 N–H and O–H groups in total. The van der Waals surface area contributed by atoms with Crippen molar-refractivity contribution >= 4 is 53.6 Å². The van der Waals surface area contributed by atoms with Crippen LogP contribution in [0.15, 0.2) is 59.5 Å². The molecule has 0 aliphatic carbocycles. The Morgan fingerprint density at radius 2 is 1.42 bits per heavy atom. The monoisotopic (exact) mass is 1150 g/mol. The number of nitrogens with one attached hydrogen (secondary N) is 5. The Morgan fingerprint density at radius 3 is 2.05 bits per heavy atom. The first-order chi connectivity index (χ1) is 38.5. The molecule has 2 aliphatic rings. The summed E-state index contributed by atoms with van der Waals surface area (Å²) in [5.74, 6) is -4.71. The minimum absolute atomic E-state index is 0.0436. The van der Waals surface area contributed by atoms with Gasteiger partial charge in [0.15, 0.2) is 0 Å². The Balaban J connectivity index is 1.56. The highest BCUT2D eigenvalue weighted by Crippen LogP contribution is 2.29. The number of aliphatic hydroxyl groups is 7. The Hall–Kier alpha value is -5.91. The highest BCUT2D eigenvalue weighted by Gasteiger charge is 2.47. The van der Waals surface area contributed by atoms with Crippen molar-refractivity contribution in [1.82, 2.24) is 36.4 Å². The number of rotatable bonds is 34. The molecular formula is C57H86N8O15S. The number of amides is 7. The standard InChI is InChI=1S/C57H86N8O15S/c1-6-33(2)28-34(3)16-12-9-7-8-10-15-19-46(73)60-41(52(76)59-35(4)36(5)67)30-45(72)56(81-40-17-13-11-14-18-40)63-55(79)49-44(71)25-27-65(49)57(80)47(43(70)24-26-58)61-54(78)48(51(75)50(74)37-20-22-38(68)23-21-37)62-53(77)42-29-39(69)31-64(42)32-66/h11,13-14,17-18,20-23,32-36,39,41-45,47-51,56,67-72,74-75H,6-10,12,15-16,19,24-25,27-31H2,1-5H3,(H,59,76)(H,60,73)(H,61,78)(H,62,77)(H,63,79)/t33?,34?,35-,36-,39-,41+,42+,43-,44+,45-,47+,48+,49+,50+,51+,56-/m1/s1. The van der Waals surface area contributed by atoms with Crippen LogP contribution in [0.4, 0.5) is 0 Å². The Labute approximate surface area is 478 Å². The fraction of sp³-hybridized carbons (Fsp3) is 0.649. The summed E-state index contributed by atoms with van der Waals surface area (Å²) in [4.78, 5) is 98.6. The maximum Gasteiger partial charge on any atom is 0.248 e. The van der Waals surface area contributed by atoms with Gasteiger partial charge in [0, 0.05) is 37.2 Å². The van der Waals surface area contributed by atoms with Gasteiger partial charge in [-0.15, -0.1) is 0 Å². The molecule has 2 aromatic carbocycles. The smallest absolute Gasteiger partial charge is 0.248 e. The summed E-state index contributed by atoms with van der Waals surface area (Å²) >= 11 is 0.953. The van der Waals surface area contributed by atoms with Crippen molar-refractivity contribution in [2.24, 2.45) is 11.8 Å². The minimum atomic E-state index is -2.24. The molecule has 0 radical (unpaired) electrons. The van der Waals surface area contributed by atoms with Gasteiger partial charge in [0.05, 0.1) is 49.1 Å². The highest BCUT2D eigenvalue weighted by atomic mass is 32.2. The summed E-state index contributed by atoms with van der Waals surface area (Å²) in [6, 6.07) is 5.38. The summed E-state index contributed by atoms with van der Waals surface area (Å²) in [6.45, 7) is 9.22. The van der Waals surface area contributed by atoms with Gasteiger partial charge in [-0.2, -0.15) is 5.26 Å². The van der Waals surface area contributed by atoms with Gasteiger partial charge in [0.1, 0.15) is 53.5 Å². The molecule has 4 rings (SSSR count). The van der Waals surface area contributed by atoms with Crippen LogP contribution in [0, 0.1) is 23.2 Å². The molecule has 24 heteroatoms. The first-order valence-corrected chi connectivity index (χ1v) is 29.0. The van der Waals surface area contributed by atoms with Crippen molar-refractivity contribution in [1.29, 1.82) is 5.26 Å². The first kappa shape index (κ1) is 67.6. The SMILES string of the molecule is CCC(C)CC(C)CCCCCCCCC(=O)N[C@@H](C[C@@H](O)[C@H](NC(=O)[C@@H]1[C@@H](O)CCN1C(=O)[C@@H](NC(=O)[C@@H](NC(=O)[C@@H]1C[C@@H](O)CN1C=O)[C@H](O)[C@@H](O)c1ccc(O)cc1)[C@H](O)CC#N)Sc1ccccc1)C(=O)N[C@H](C)[C@@H](C)O. The van der Waals surface area contributed by atoms with E-state index in [4.69, 9.17) is 0 Å². The van der Waals surface area contributed by atoms with E-state index < -0.39 is 133 Å². The van der Waals surface area contributed by atoms with Crippen LogP contribution >= 0.6 is 11.8 Å². The predicted octanol–water partition coefficient (Wildman–Crippen LogP) is 1.13. The average Bonchev–Trinajstić information content (AvgIpc) is 4.11. The molecule has 0 spiro atoms. The summed E-state index contributed by atoms with van der Waals surface area (Å²) < 4.78 is 0. The predicted molar refractivity (Wildman–Crippen MR) is 299 cm³/mol. The number of aromatic hydroxyl groups is 1. The number of thioether (sulfide) groups is 1. The van der Waals surface area contributed by atoms with E-state index in [2.05, 4.69) is 47.4 Å². The minimum Gasteiger partial charge on any atom is -0.508 e. The van der Waals surface area contributed by atoms with Crippen LogP contribution < -0.4 is 26.6 Å². The van der Waals surface area contributed by atoms with Crippen molar-refractivity contribution < 1.29 is 74.4 Å². The van der Waals surface area contributed by atoms with Gasteiger partial charge in [-0.25, -0.2) is 0 Å². The van der Waals surface area contributed by atoms with Gasteiger partial charge in [0.2, 0.25) is 41.9 Å². The van der Waals surface area contributed by atoms with Crippen molar-refractivity contribution in [2.45, 2.75) is 214 Å². The van der Waals surface area contributed by atoms with Gasteiger partial charge in [-0.3, -0.25) is 33.6 Å². The zero-order chi connectivity index (χ0) is 59.9. The summed E-state index contributed by atoms with van der Waals surface area (Å²) in [5, 5.41) is 109. The molecule has 2 saturated heterocycles. The molecule has 0 saturated carbocycles. The number of nitrogens with zero attached hydrogens (tertiary/aromatic N) is 3. The number of carbonyl (C=O) groups is 7. The van der Waals surface area contributed by atoms with Crippen LogP contribution in [0.5, 0.6) is 5.75 Å². The topological polar surface area (TPSA) is 372 Å². The molecule has 7 amide bonds. The number of benzene rings is 2. The number of likely N-dealkylation sites (tertiary alicyclic amines) is 2. The molecule has 16 atom stereocenters. The zero-order valence-corrected chi connectivity index (χ0v) is 47.8. The molecule has 2 fully saturated rings. The third-order valence-corrected chi connectivity index (χ3v) is 16.3. The molecule has 2 aliphatic heterocycles. The number of hydrogen-bond acceptors (Lipinski definition) is 17. The molecule has 2 heterocycles. The number of phenols is 1. The van der Waals surface area contributed by atoms with Gasteiger partial charge in [-0.05, 0) is 74.8 Å². The van der Waals surface area contributed by atoms with Crippen LogP contribution in [-0.4, -0.2) is 184 Å². The van der Waals surface area contributed by atoms with Crippen LogP contribution in [0.2, 0.25) is 0 Å². The first-order valence-electron chi connectivity index (χ1n) is 28.2. The number of unbranched alkanes of at least 4 members (excludes halogenated alkanes) is 5. The van der Waals surface area contributed by atoms with Crippen LogP contribution in [0.3, 0.4) is 0 Å². The lowest BCUT2D eigenvalue weighted by atomic mass is 9.91. The van der Waals surface area contributed by atoms with Crippen LogP contribution in [-0.2, 0) is 33.6 Å². The quantitative estimate of drug-likeness (QED) is 0.0202. The lowest BCUT2D eigenvalue weighted by Gasteiger charge is -2.34. The Kier molecular flexibility index (Phi) is 28.3. The molecule has 0 aromatic heterocycles. The summed E-state index contributed by atoms with van der Waals surface area (Å²) in [5.41, 5.74) is -0.0436. The Bertz CT molecular complexity index is 2370. The lowest BCUT2D eigenvalue weighted by Crippen LogP contribution is -2.64.